The van der Waals surface area contributed by atoms with E-state index < -0.39 is 9.84 Å². The fraction of sp³-hybridized carbons (Fsp3) is 0.111. The van der Waals surface area contributed by atoms with E-state index in [9.17, 15) is 8.42 Å². The first kappa shape index (κ1) is 9.21. The molecule has 0 fully saturated rings. The third kappa shape index (κ3) is 1.77. The SMILES string of the molecule is [CH2]S(=O)(=O)Cc1cccc2oncc12. The Morgan fingerprint density at radius 3 is 2.93 bits per heavy atom. The smallest absolute Gasteiger partial charge is 0.167 e. The number of benzene rings is 1. The van der Waals surface area contributed by atoms with E-state index in [0.717, 1.165) is 5.39 Å². The van der Waals surface area contributed by atoms with E-state index in [2.05, 4.69) is 11.4 Å². The summed E-state index contributed by atoms with van der Waals surface area (Å²) in [5.41, 5.74) is 1.25. The van der Waals surface area contributed by atoms with Crippen molar-refractivity contribution in [2.75, 3.05) is 0 Å². The van der Waals surface area contributed by atoms with Gasteiger partial charge in [-0.2, -0.15) is 0 Å². The molecule has 1 aromatic heterocycles. The second kappa shape index (κ2) is 3.09. The molecule has 2 rings (SSSR count). The van der Waals surface area contributed by atoms with E-state index in [1.54, 1.807) is 18.2 Å². The largest absolute Gasteiger partial charge is 0.356 e. The van der Waals surface area contributed by atoms with E-state index >= 15 is 0 Å². The van der Waals surface area contributed by atoms with Gasteiger partial charge in [0, 0.05) is 5.39 Å². The van der Waals surface area contributed by atoms with Crippen LogP contribution in [0.1, 0.15) is 5.56 Å². The topological polar surface area (TPSA) is 60.2 Å². The molecule has 1 radical (unpaired) electrons. The Kier molecular flexibility index (Phi) is 2.03. The Hall–Kier alpha value is -1.36. The van der Waals surface area contributed by atoms with Crippen LogP contribution >= 0.6 is 0 Å². The van der Waals surface area contributed by atoms with Crippen LogP contribution in [0.5, 0.6) is 0 Å². The van der Waals surface area contributed by atoms with Crippen molar-refractivity contribution in [1.82, 2.24) is 5.16 Å². The fourth-order valence-electron chi connectivity index (χ4n) is 1.31. The Morgan fingerprint density at radius 2 is 2.21 bits per heavy atom. The highest BCUT2D eigenvalue weighted by atomic mass is 32.2. The average molecular weight is 210 g/mol. The molecule has 0 amide bonds. The highest BCUT2D eigenvalue weighted by Crippen LogP contribution is 2.19. The van der Waals surface area contributed by atoms with Crippen molar-refractivity contribution in [2.45, 2.75) is 5.75 Å². The van der Waals surface area contributed by atoms with Gasteiger partial charge in [0.2, 0.25) is 0 Å². The Labute approximate surface area is 81.4 Å². The zero-order chi connectivity index (χ0) is 10.2. The third-order valence-electron chi connectivity index (χ3n) is 1.86. The predicted molar refractivity (Wildman–Crippen MR) is 52.0 cm³/mol. The van der Waals surface area contributed by atoms with Gasteiger partial charge in [-0.05, 0) is 11.6 Å². The summed E-state index contributed by atoms with van der Waals surface area (Å²) in [6.45, 7) is 0. The molecular weight excluding hydrogens is 202 g/mol. The third-order valence-corrected chi connectivity index (χ3v) is 2.62. The molecule has 4 nitrogen and oxygen atoms in total. The van der Waals surface area contributed by atoms with Gasteiger partial charge >= 0.3 is 0 Å². The lowest BCUT2D eigenvalue weighted by atomic mass is 10.2. The quantitative estimate of drug-likeness (QED) is 0.754. The Morgan fingerprint density at radius 1 is 1.43 bits per heavy atom. The highest BCUT2D eigenvalue weighted by Gasteiger charge is 2.09. The molecule has 0 unspecified atom stereocenters. The van der Waals surface area contributed by atoms with Crippen LogP contribution < -0.4 is 0 Å². The van der Waals surface area contributed by atoms with Crippen LogP contribution in [-0.2, 0) is 15.6 Å². The maximum Gasteiger partial charge on any atom is 0.167 e. The zero-order valence-corrected chi connectivity index (χ0v) is 8.12. The summed E-state index contributed by atoms with van der Waals surface area (Å²) in [7, 11) is -3.27. The standard InChI is InChI=1S/C9H8NO3S/c1-14(11,12)6-7-3-2-4-9-8(7)5-10-13-9/h2-5H,1,6H2. The van der Waals surface area contributed by atoms with Crippen LogP contribution in [-0.4, -0.2) is 13.6 Å². The molecule has 2 aromatic rings. The maximum atomic E-state index is 11.0. The number of fused-ring (bicyclic) bond motifs is 1. The Bertz CT molecular complexity index is 556. The fourth-order valence-corrected chi connectivity index (χ4v) is 2.04. The second-order valence-corrected chi connectivity index (χ2v) is 4.82. The summed E-state index contributed by atoms with van der Waals surface area (Å²) in [6, 6.07) is 5.19. The van der Waals surface area contributed by atoms with E-state index in [4.69, 9.17) is 4.52 Å². The van der Waals surface area contributed by atoms with Gasteiger partial charge in [0.1, 0.15) is 0 Å². The minimum Gasteiger partial charge on any atom is -0.356 e. The number of nitrogens with zero attached hydrogens (tertiary/aromatic N) is 1. The summed E-state index contributed by atoms with van der Waals surface area (Å²) in [5.74, 6) is -0.0917. The summed E-state index contributed by atoms with van der Waals surface area (Å²) in [5, 5.41) is 4.32. The van der Waals surface area contributed by atoms with Crippen molar-refractivity contribution in [3.05, 3.63) is 36.2 Å². The average Bonchev–Trinajstić information content (AvgIpc) is 2.49. The first-order valence-electron chi connectivity index (χ1n) is 3.94. The molecule has 0 saturated carbocycles. The number of rotatable bonds is 2. The molecule has 0 atom stereocenters. The van der Waals surface area contributed by atoms with Crippen molar-refractivity contribution < 1.29 is 12.9 Å². The summed E-state index contributed by atoms with van der Waals surface area (Å²) < 4.78 is 26.9. The monoisotopic (exact) mass is 210 g/mol. The van der Waals surface area contributed by atoms with Crippen LogP contribution in [0.4, 0.5) is 0 Å². The van der Waals surface area contributed by atoms with Crippen LogP contribution in [0.15, 0.2) is 28.9 Å². The molecule has 0 aliphatic rings. The summed E-state index contributed by atoms with van der Waals surface area (Å²) in [6.07, 6.45) is 4.59. The molecule has 1 aromatic carbocycles. The molecule has 0 aliphatic carbocycles. The van der Waals surface area contributed by atoms with Gasteiger partial charge in [-0.3, -0.25) is 0 Å². The van der Waals surface area contributed by atoms with E-state index in [0.29, 0.717) is 11.1 Å². The van der Waals surface area contributed by atoms with Crippen molar-refractivity contribution in [1.29, 1.82) is 0 Å². The van der Waals surface area contributed by atoms with Crippen molar-refractivity contribution >= 4 is 20.8 Å². The second-order valence-electron chi connectivity index (χ2n) is 3.04. The van der Waals surface area contributed by atoms with Gasteiger partial charge in [0.05, 0.1) is 18.2 Å². The van der Waals surface area contributed by atoms with E-state index in [1.807, 2.05) is 0 Å². The molecule has 0 saturated heterocycles. The molecule has 1 heterocycles. The van der Waals surface area contributed by atoms with Gasteiger partial charge in [-0.25, -0.2) is 8.42 Å². The van der Waals surface area contributed by atoms with Gasteiger partial charge in [-0.1, -0.05) is 17.3 Å². The van der Waals surface area contributed by atoms with Gasteiger partial charge < -0.3 is 4.52 Å². The zero-order valence-electron chi connectivity index (χ0n) is 7.30. The minimum absolute atomic E-state index is 0.0917. The van der Waals surface area contributed by atoms with Gasteiger partial charge in [0.25, 0.3) is 0 Å². The number of sulfone groups is 1. The number of hydrogen-bond donors (Lipinski definition) is 0. The van der Waals surface area contributed by atoms with Crippen LogP contribution in [0.2, 0.25) is 0 Å². The van der Waals surface area contributed by atoms with Gasteiger partial charge in [0.15, 0.2) is 15.4 Å². The summed E-state index contributed by atoms with van der Waals surface area (Å²) >= 11 is 0. The lowest BCUT2D eigenvalue weighted by Gasteiger charge is -1.98. The highest BCUT2D eigenvalue weighted by molar-refractivity contribution is 7.91. The lowest BCUT2D eigenvalue weighted by molar-refractivity contribution is 0.456. The van der Waals surface area contributed by atoms with Crippen LogP contribution in [0, 0.1) is 6.26 Å². The van der Waals surface area contributed by atoms with Crippen molar-refractivity contribution in [3.63, 3.8) is 0 Å². The number of hydrogen-bond acceptors (Lipinski definition) is 4. The molecule has 0 aliphatic heterocycles. The van der Waals surface area contributed by atoms with Crippen molar-refractivity contribution in [2.24, 2.45) is 0 Å². The van der Waals surface area contributed by atoms with Crippen LogP contribution in [0.25, 0.3) is 11.0 Å². The molecular formula is C9H8NO3S. The van der Waals surface area contributed by atoms with E-state index in [1.165, 1.54) is 6.20 Å². The predicted octanol–water partition coefficient (Wildman–Crippen LogP) is 1.53. The Balaban J connectivity index is 2.57. The van der Waals surface area contributed by atoms with Gasteiger partial charge in [-0.15, -0.1) is 0 Å². The molecule has 0 N–H and O–H groups in total. The van der Waals surface area contributed by atoms with Crippen molar-refractivity contribution in [3.8, 4) is 0 Å². The molecule has 0 bridgehead atoms. The molecule has 5 heteroatoms. The first-order chi connectivity index (χ1) is 6.56. The normalized spacial score (nSPS) is 12.1. The van der Waals surface area contributed by atoms with Crippen LogP contribution in [0.3, 0.4) is 0 Å². The molecule has 14 heavy (non-hydrogen) atoms. The maximum absolute atomic E-state index is 11.0. The first-order valence-corrected chi connectivity index (χ1v) is 5.76. The summed E-state index contributed by atoms with van der Waals surface area (Å²) in [4.78, 5) is 0. The molecule has 0 spiro atoms. The van der Waals surface area contributed by atoms with E-state index in [-0.39, 0.29) is 5.75 Å². The minimum atomic E-state index is -3.27. The molecule has 73 valence electrons. The lowest BCUT2D eigenvalue weighted by Crippen LogP contribution is -1.98. The number of aromatic nitrogens is 1.